The van der Waals surface area contributed by atoms with E-state index in [-0.39, 0.29) is 5.82 Å². The molecule has 0 saturated carbocycles. The molecule has 0 aliphatic heterocycles. The van der Waals surface area contributed by atoms with Gasteiger partial charge in [-0.3, -0.25) is 4.98 Å². The van der Waals surface area contributed by atoms with E-state index in [4.69, 9.17) is 0 Å². The zero-order valence-corrected chi connectivity index (χ0v) is 9.95. The molecule has 0 saturated heterocycles. The molecule has 17 heavy (non-hydrogen) atoms. The van der Waals surface area contributed by atoms with Crippen LogP contribution in [0.25, 0.3) is 0 Å². The molecule has 2 N–H and O–H groups in total. The van der Waals surface area contributed by atoms with E-state index < -0.39 is 6.10 Å². The van der Waals surface area contributed by atoms with Crippen LogP contribution in [0.4, 0.5) is 4.39 Å². The maximum Gasteiger partial charge on any atom is 0.141 e. The average molecular weight is 252 g/mol. The van der Waals surface area contributed by atoms with Gasteiger partial charge in [-0.1, -0.05) is 0 Å². The molecule has 2 heterocycles. The predicted octanol–water partition coefficient (Wildman–Crippen LogP) is 2.11. The Morgan fingerprint density at radius 2 is 2.35 bits per heavy atom. The molecule has 0 aromatic carbocycles. The molecule has 0 aliphatic rings. The van der Waals surface area contributed by atoms with Gasteiger partial charge in [0.2, 0.25) is 0 Å². The first-order valence-corrected chi connectivity index (χ1v) is 6.20. The number of nitrogens with zero attached hydrogens (tertiary/aromatic N) is 1. The highest BCUT2D eigenvalue weighted by molar-refractivity contribution is 7.07. The molecule has 5 heteroatoms. The molecule has 1 unspecified atom stereocenters. The molecular weight excluding hydrogens is 239 g/mol. The standard InChI is InChI=1S/C12H13FN2OS/c13-11-3-9(4-14-6-11)5-15-7-12(16)10-1-2-17-8-10/h1-4,6,8,12,15-16H,5,7H2. The Labute approximate surface area is 103 Å². The summed E-state index contributed by atoms with van der Waals surface area (Å²) in [5.41, 5.74) is 1.67. The minimum atomic E-state index is -0.525. The van der Waals surface area contributed by atoms with Gasteiger partial charge in [0.25, 0.3) is 0 Å². The van der Waals surface area contributed by atoms with Crippen LogP contribution in [0, 0.1) is 5.82 Å². The van der Waals surface area contributed by atoms with Crippen LogP contribution >= 0.6 is 11.3 Å². The van der Waals surface area contributed by atoms with E-state index in [1.165, 1.54) is 12.3 Å². The van der Waals surface area contributed by atoms with E-state index in [1.807, 2.05) is 16.8 Å². The second-order valence-electron chi connectivity index (χ2n) is 3.71. The van der Waals surface area contributed by atoms with Crippen molar-refractivity contribution < 1.29 is 9.50 Å². The smallest absolute Gasteiger partial charge is 0.141 e. The summed E-state index contributed by atoms with van der Waals surface area (Å²) in [4.78, 5) is 3.76. The van der Waals surface area contributed by atoms with E-state index >= 15 is 0 Å². The van der Waals surface area contributed by atoms with Gasteiger partial charge in [0, 0.05) is 19.3 Å². The van der Waals surface area contributed by atoms with Crippen LogP contribution in [-0.4, -0.2) is 16.6 Å². The van der Waals surface area contributed by atoms with Gasteiger partial charge in [-0.15, -0.1) is 0 Å². The Bertz CT molecular complexity index is 461. The molecule has 0 radical (unpaired) electrons. The highest BCUT2D eigenvalue weighted by atomic mass is 32.1. The number of rotatable bonds is 5. The fourth-order valence-corrected chi connectivity index (χ4v) is 2.20. The van der Waals surface area contributed by atoms with Gasteiger partial charge in [0.1, 0.15) is 5.82 Å². The molecular formula is C12H13FN2OS. The number of nitrogens with one attached hydrogen (secondary N) is 1. The van der Waals surface area contributed by atoms with E-state index in [2.05, 4.69) is 10.3 Å². The van der Waals surface area contributed by atoms with E-state index in [0.29, 0.717) is 13.1 Å². The fraction of sp³-hybridized carbons (Fsp3) is 0.250. The number of pyridine rings is 1. The van der Waals surface area contributed by atoms with Crippen LogP contribution in [0.1, 0.15) is 17.2 Å². The average Bonchev–Trinajstić information content (AvgIpc) is 2.82. The van der Waals surface area contributed by atoms with Gasteiger partial charge in [0.05, 0.1) is 12.3 Å². The third kappa shape index (κ3) is 3.59. The number of aromatic nitrogens is 1. The van der Waals surface area contributed by atoms with Crippen LogP contribution in [-0.2, 0) is 6.54 Å². The molecule has 3 nitrogen and oxygen atoms in total. The Kier molecular flexibility index (Phi) is 4.19. The van der Waals surface area contributed by atoms with Crippen molar-refractivity contribution in [3.8, 4) is 0 Å². The zero-order chi connectivity index (χ0) is 12.1. The molecule has 0 aliphatic carbocycles. The van der Waals surface area contributed by atoms with Gasteiger partial charge in [-0.25, -0.2) is 4.39 Å². The molecule has 0 fully saturated rings. The maximum atomic E-state index is 12.8. The number of aliphatic hydroxyl groups is 1. The number of hydrogen-bond donors (Lipinski definition) is 2. The number of hydrogen-bond acceptors (Lipinski definition) is 4. The lowest BCUT2D eigenvalue weighted by Crippen LogP contribution is -2.20. The summed E-state index contributed by atoms with van der Waals surface area (Å²) in [6.45, 7) is 0.930. The van der Waals surface area contributed by atoms with Crippen molar-refractivity contribution in [1.82, 2.24) is 10.3 Å². The monoisotopic (exact) mass is 252 g/mol. The van der Waals surface area contributed by atoms with Gasteiger partial charge in [-0.2, -0.15) is 11.3 Å². The fourth-order valence-electron chi connectivity index (χ4n) is 1.49. The second-order valence-corrected chi connectivity index (χ2v) is 4.49. The van der Waals surface area contributed by atoms with E-state index in [1.54, 1.807) is 17.5 Å². The predicted molar refractivity (Wildman–Crippen MR) is 65.2 cm³/mol. The third-order valence-electron chi connectivity index (χ3n) is 2.36. The van der Waals surface area contributed by atoms with Gasteiger partial charge >= 0.3 is 0 Å². The van der Waals surface area contributed by atoms with Gasteiger partial charge < -0.3 is 10.4 Å². The Hall–Kier alpha value is -1.30. The van der Waals surface area contributed by atoms with Crippen molar-refractivity contribution in [1.29, 1.82) is 0 Å². The molecule has 2 aromatic rings. The summed E-state index contributed by atoms with van der Waals surface area (Å²) in [7, 11) is 0. The lowest BCUT2D eigenvalue weighted by atomic mass is 10.2. The van der Waals surface area contributed by atoms with Crippen molar-refractivity contribution in [2.24, 2.45) is 0 Å². The summed E-state index contributed by atoms with van der Waals surface area (Å²) in [6.07, 6.45) is 2.25. The van der Waals surface area contributed by atoms with Crippen molar-refractivity contribution in [3.05, 3.63) is 52.2 Å². The van der Waals surface area contributed by atoms with Gasteiger partial charge in [0.15, 0.2) is 0 Å². The molecule has 2 rings (SSSR count). The van der Waals surface area contributed by atoms with Crippen molar-refractivity contribution in [2.45, 2.75) is 12.6 Å². The van der Waals surface area contributed by atoms with Crippen LogP contribution in [0.5, 0.6) is 0 Å². The summed E-state index contributed by atoms with van der Waals surface area (Å²) < 4.78 is 12.8. The van der Waals surface area contributed by atoms with Crippen LogP contribution < -0.4 is 5.32 Å². The normalized spacial score (nSPS) is 12.6. The van der Waals surface area contributed by atoms with Gasteiger partial charge in [-0.05, 0) is 34.0 Å². The quantitative estimate of drug-likeness (QED) is 0.856. The second kappa shape index (κ2) is 5.86. The molecule has 0 spiro atoms. The Morgan fingerprint density at radius 1 is 1.47 bits per heavy atom. The maximum absolute atomic E-state index is 12.8. The number of aliphatic hydroxyl groups excluding tert-OH is 1. The van der Waals surface area contributed by atoms with Crippen LogP contribution in [0.3, 0.4) is 0 Å². The van der Waals surface area contributed by atoms with E-state index in [9.17, 15) is 9.50 Å². The Balaban J connectivity index is 1.80. The summed E-state index contributed by atoms with van der Waals surface area (Å²) in [5, 5.41) is 16.7. The highest BCUT2D eigenvalue weighted by Crippen LogP contribution is 2.15. The first-order valence-electron chi connectivity index (χ1n) is 5.26. The first-order chi connectivity index (χ1) is 8.25. The molecule has 90 valence electrons. The van der Waals surface area contributed by atoms with Crippen LogP contribution in [0.2, 0.25) is 0 Å². The highest BCUT2D eigenvalue weighted by Gasteiger charge is 2.06. The Morgan fingerprint density at radius 3 is 3.06 bits per heavy atom. The summed E-state index contributed by atoms with van der Waals surface area (Å²) >= 11 is 1.55. The van der Waals surface area contributed by atoms with Crippen molar-refractivity contribution in [3.63, 3.8) is 0 Å². The van der Waals surface area contributed by atoms with Crippen molar-refractivity contribution in [2.75, 3.05) is 6.54 Å². The zero-order valence-electron chi connectivity index (χ0n) is 9.14. The topological polar surface area (TPSA) is 45.1 Å². The molecule has 1 atom stereocenters. The number of thiophene rings is 1. The lowest BCUT2D eigenvalue weighted by molar-refractivity contribution is 0.175. The van der Waals surface area contributed by atoms with E-state index in [0.717, 1.165) is 11.1 Å². The first kappa shape index (κ1) is 12.2. The van der Waals surface area contributed by atoms with Crippen molar-refractivity contribution >= 4 is 11.3 Å². The summed E-state index contributed by atoms with van der Waals surface area (Å²) in [5.74, 6) is -0.345. The molecule has 2 aromatic heterocycles. The third-order valence-corrected chi connectivity index (χ3v) is 3.06. The molecule has 0 bridgehead atoms. The minimum absolute atomic E-state index is 0.345. The minimum Gasteiger partial charge on any atom is -0.387 e. The summed E-state index contributed by atoms with van der Waals surface area (Å²) in [6, 6.07) is 3.32. The van der Waals surface area contributed by atoms with Crippen LogP contribution in [0.15, 0.2) is 35.3 Å². The largest absolute Gasteiger partial charge is 0.387 e. The number of halogens is 1. The lowest BCUT2D eigenvalue weighted by Gasteiger charge is -2.10. The SMILES string of the molecule is OC(CNCc1cncc(F)c1)c1ccsc1. The molecule has 0 amide bonds.